The molecule has 0 spiro atoms. The number of hydrogen-bond donors (Lipinski definition) is 1. The molecule has 0 aliphatic rings. The third kappa shape index (κ3) is 3.04. The van der Waals surface area contributed by atoms with Crippen LogP contribution in [0.2, 0.25) is 0 Å². The largest absolute Gasteiger partial charge is 0.476 e. The molecule has 2 aromatic carbocycles. The van der Waals surface area contributed by atoms with Gasteiger partial charge in [-0.1, -0.05) is 35.9 Å². The minimum atomic E-state index is -1.10. The van der Waals surface area contributed by atoms with E-state index in [1.807, 2.05) is 61.5 Å². The van der Waals surface area contributed by atoms with Crippen LogP contribution < -0.4 is 0 Å². The van der Waals surface area contributed by atoms with Gasteiger partial charge in [-0.05, 0) is 43.0 Å². The molecule has 5 heteroatoms. The molecule has 0 saturated heterocycles. The quantitative estimate of drug-likeness (QED) is 0.768. The zero-order valence-corrected chi connectivity index (χ0v) is 12.6. The van der Waals surface area contributed by atoms with E-state index in [0.717, 1.165) is 16.0 Å². The van der Waals surface area contributed by atoms with Crippen LogP contribution in [-0.4, -0.2) is 16.1 Å². The van der Waals surface area contributed by atoms with E-state index in [-0.39, 0.29) is 10.8 Å². The van der Waals surface area contributed by atoms with Gasteiger partial charge in [0.2, 0.25) is 16.7 Å². The summed E-state index contributed by atoms with van der Waals surface area (Å²) in [6.07, 6.45) is 0. The van der Waals surface area contributed by atoms with Crippen LogP contribution in [0.3, 0.4) is 0 Å². The molecule has 0 saturated carbocycles. The lowest BCUT2D eigenvalue weighted by molar-refractivity contribution is 0.0685. The molecule has 1 heterocycles. The van der Waals surface area contributed by atoms with Crippen molar-refractivity contribution in [3.63, 3.8) is 0 Å². The predicted octanol–water partition coefficient (Wildman–Crippen LogP) is 4.50. The minimum Gasteiger partial charge on any atom is -0.476 e. The molecule has 0 atom stereocenters. The molecule has 0 unspecified atom stereocenters. The van der Waals surface area contributed by atoms with Crippen molar-refractivity contribution in [3.05, 3.63) is 65.9 Å². The SMILES string of the molecule is Cc1ccc(Sc2oc(-c3ccccc3)nc2C(=O)O)cc1. The van der Waals surface area contributed by atoms with Crippen LogP contribution in [0.1, 0.15) is 16.1 Å². The van der Waals surface area contributed by atoms with Gasteiger partial charge in [0.15, 0.2) is 0 Å². The molecule has 22 heavy (non-hydrogen) atoms. The highest BCUT2D eigenvalue weighted by Gasteiger charge is 2.21. The van der Waals surface area contributed by atoms with Crippen LogP contribution in [0.25, 0.3) is 11.5 Å². The third-order valence-electron chi connectivity index (χ3n) is 3.05. The van der Waals surface area contributed by atoms with Crippen molar-refractivity contribution < 1.29 is 14.3 Å². The van der Waals surface area contributed by atoms with Gasteiger partial charge in [-0.15, -0.1) is 0 Å². The molecule has 3 aromatic rings. The molecule has 0 amide bonds. The maximum absolute atomic E-state index is 11.4. The van der Waals surface area contributed by atoms with Crippen LogP contribution in [-0.2, 0) is 0 Å². The van der Waals surface area contributed by atoms with E-state index in [1.54, 1.807) is 0 Å². The highest BCUT2D eigenvalue weighted by Crippen LogP contribution is 2.34. The number of aromatic carboxylic acids is 1. The van der Waals surface area contributed by atoms with Crippen molar-refractivity contribution in [2.24, 2.45) is 0 Å². The second-order valence-electron chi connectivity index (χ2n) is 4.74. The molecule has 0 bridgehead atoms. The van der Waals surface area contributed by atoms with Crippen LogP contribution >= 0.6 is 11.8 Å². The first-order valence-electron chi connectivity index (χ1n) is 6.67. The second kappa shape index (κ2) is 6.07. The Balaban J connectivity index is 1.97. The average molecular weight is 311 g/mol. The van der Waals surface area contributed by atoms with E-state index in [4.69, 9.17) is 4.42 Å². The normalized spacial score (nSPS) is 10.6. The highest BCUT2D eigenvalue weighted by molar-refractivity contribution is 7.99. The minimum absolute atomic E-state index is 0.0653. The van der Waals surface area contributed by atoms with Gasteiger partial charge < -0.3 is 9.52 Å². The number of nitrogens with zero attached hydrogens (tertiary/aromatic N) is 1. The number of aromatic nitrogens is 1. The Morgan fingerprint density at radius 1 is 1.09 bits per heavy atom. The van der Waals surface area contributed by atoms with E-state index < -0.39 is 5.97 Å². The van der Waals surface area contributed by atoms with Gasteiger partial charge in [0.1, 0.15) is 0 Å². The van der Waals surface area contributed by atoms with Crippen molar-refractivity contribution in [3.8, 4) is 11.5 Å². The Bertz CT molecular complexity index is 795. The number of carbonyl (C=O) groups is 1. The first kappa shape index (κ1) is 14.4. The molecule has 1 N–H and O–H groups in total. The van der Waals surface area contributed by atoms with Gasteiger partial charge in [-0.3, -0.25) is 0 Å². The number of hydrogen-bond acceptors (Lipinski definition) is 4. The highest BCUT2D eigenvalue weighted by atomic mass is 32.2. The molecule has 3 rings (SSSR count). The molecule has 4 nitrogen and oxygen atoms in total. The Morgan fingerprint density at radius 2 is 1.77 bits per heavy atom. The van der Waals surface area contributed by atoms with Gasteiger partial charge in [-0.2, -0.15) is 0 Å². The van der Waals surface area contributed by atoms with Gasteiger partial charge >= 0.3 is 5.97 Å². The van der Waals surface area contributed by atoms with Crippen molar-refractivity contribution >= 4 is 17.7 Å². The lowest BCUT2D eigenvalue weighted by Crippen LogP contribution is -1.98. The molecule has 0 radical (unpaired) electrons. The summed E-state index contributed by atoms with van der Waals surface area (Å²) >= 11 is 1.26. The van der Waals surface area contributed by atoms with E-state index in [1.165, 1.54) is 11.8 Å². The van der Waals surface area contributed by atoms with Crippen molar-refractivity contribution in [1.29, 1.82) is 0 Å². The van der Waals surface area contributed by atoms with E-state index in [9.17, 15) is 9.90 Å². The number of oxazole rings is 1. The van der Waals surface area contributed by atoms with Crippen LogP contribution in [0.15, 0.2) is 69.0 Å². The molecule has 1 aromatic heterocycles. The summed E-state index contributed by atoms with van der Waals surface area (Å²) in [5.74, 6) is -0.784. The molecular formula is C17H13NO3S. The smallest absolute Gasteiger partial charge is 0.359 e. The summed E-state index contributed by atoms with van der Waals surface area (Å²) in [6, 6.07) is 17.0. The molecule has 0 fully saturated rings. The average Bonchev–Trinajstić information content (AvgIpc) is 2.95. The van der Waals surface area contributed by atoms with Gasteiger partial charge in [0.05, 0.1) is 0 Å². The van der Waals surface area contributed by atoms with Gasteiger partial charge in [0.25, 0.3) is 0 Å². The van der Waals surface area contributed by atoms with Crippen LogP contribution in [0.5, 0.6) is 0 Å². The predicted molar refractivity (Wildman–Crippen MR) is 84.2 cm³/mol. The summed E-state index contributed by atoms with van der Waals surface area (Å²) in [5.41, 5.74) is 1.83. The van der Waals surface area contributed by atoms with Crippen molar-refractivity contribution in [2.75, 3.05) is 0 Å². The standard InChI is InChI=1S/C17H13NO3S/c1-11-7-9-13(10-8-11)22-17-14(16(19)20)18-15(21-17)12-5-3-2-4-6-12/h2-10H,1H3,(H,19,20). The Labute approximate surface area is 131 Å². The lowest BCUT2D eigenvalue weighted by Gasteiger charge is -1.99. The summed E-state index contributed by atoms with van der Waals surface area (Å²) < 4.78 is 5.67. The monoisotopic (exact) mass is 311 g/mol. The summed E-state index contributed by atoms with van der Waals surface area (Å²) in [5, 5.41) is 9.60. The topological polar surface area (TPSA) is 63.3 Å². The molecular weight excluding hydrogens is 298 g/mol. The fourth-order valence-electron chi connectivity index (χ4n) is 1.93. The van der Waals surface area contributed by atoms with Crippen LogP contribution in [0.4, 0.5) is 0 Å². The van der Waals surface area contributed by atoms with E-state index in [0.29, 0.717) is 5.89 Å². The van der Waals surface area contributed by atoms with Crippen LogP contribution in [0, 0.1) is 6.92 Å². The second-order valence-corrected chi connectivity index (χ2v) is 5.79. The third-order valence-corrected chi connectivity index (χ3v) is 4.02. The molecule has 0 aliphatic heterocycles. The van der Waals surface area contributed by atoms with E-state index >= 15 is 0 Å². The molecule has 0 aliphatic carbocycles. The number of carboxylic acid groups (broad SMARTS) is 1. The van der Waals surface area contributed by atoms with Gasteiger partial charge in [0, 0.05) is 10.5 Å². The number of carboxylic acids is 1. The fraction of sp³-hybridized carbons (Fsp3) is 0.0588. The Morgan fingerprint density at radius 3 is 2.41 bits per heavy atom. The number of benzene rings is 2. The summed E-state index contributed by atoms with van der Waals surface area (Å²) in [7, 11) is 0. The van der Waals surface area contributed by atoms with E-state index in [2.05, 4.69) is 4.98 Å². The summed E-state index contributed by atoms with van der Waals surface area (Å²) in [4.78, 5) is 16.4. The Hall–Kier alpha value is -2.53. The Kier molecular flexibility index (Phi) is 3.98. The van der Waals surface area contributed by atoms with Crippen molar-refractivity contribution in [1.82, 2.24) is 4.98 Å². The lowest BCUT2D eigenvalue weighted by atomic mass is 10.2. The fourth-order valence-corrected chi connectivity index (χ4v) is 2.76. The summed E-state index contributed by atoms with van der Waals surface area (Å²) in [6.45, 7) is 2.00. The number of aryl methyl sites for hydroxylation is 1. The molecule has 110 valence electrons. The zero-order valence-electron chi connectivity index (χ0n) is 11.8. The van der Waals surface area contributed by atoms with Crippen molar-refractivity contribution in [2.45, 2.75) is 16.9 Å². The maximum atomic E-state index is 11.4. The zero-order chi connectivity index (χ0) is 15.5. The first-order valence-corrected chi connectivity index (χ1v) is 7.49. The van der Waals surface area contributed by atoms with Gasteiger partial charge in [-0.25, -0.2) is 9.78 Å². The first-order chi connectivity index (χ1) is 10.6. The number of rotatable bonds is 4. The maximum Gasteiger partial charge on any atom is 0.359 e.